The Bertz CT molecular complexity index is 1160. The van der Waals surface area contributed by atoms with Gasteiger partial charge in [0, 0.05) is 28.7 Å². The first-order chi connectivity index (χ1) is 14.0. The zero-order valence-electron chi connectivity index (χ0n) is 15.2. The summed E-state index contributed by atoms with van der Waals surface area (Å²) < 4.78 is 39.9. The topological polar surface area (TPSA) is 65.7 Å². The van der Waals surface area contributed by atoms with Crippen LogP contribution >= 0.6 is 0 Å². The van der Waals surface area contributed by atoms with Crippen LogP contribution in [0.15, 0.2) is 57.8 Å². The van der Waals surface area contributed by atoms with E-state index in [0.29, 0.717) is 17.6 Å². The molecule has 0 radical (unpaired) electrons. The third-order valence-electron chi connectivity index (χ3n) is 4.70. The summed E-state index contributed by atoms with van der Waals surface area (Å²) in [6.07, 6.45) is 4.88. The Balaban J connectivity index is 1.53. The number of alkyl halides is 2. The van der Waals surface area contributed by atoms with Crippen molar-refractivity contribution in [2.75, 3.05) is 0 Å². The Labute approximate surface area is 164 Å². The molecule has 0 spiro atoms. The molecule has 0 aliphatic heterocycles. The van der Waals surface area contributed by atoms with E-state index in [1.165, 1.54) is 24.3 Å². The van der Waals surface area contributed by atoms with Gasteiger partial charge in [0.05, 0.1) is 0 Å². The molecular weight excluding hydrogens is 382 g/mol. The van der Waals surface area contributed by atoms with Crippen molar-refractivity contribution >= 4 is 23.0 Å². The lowest BCUT2D eigenvalue weighted by Crippen LogP contribution is -2.07. The van der Waals surface area contributed by atoms with E-state index in [1.807, 2.05) is 0 Å². The molecular formula is C22H16F2O5. The Morgan fingerprint density at radius 2 is 1.90 bits per heavy atom. The van der Waals surface area contributed by atoms with E-state index < -0.39 is 12.6 Å². The second-order valence-corrected chi connectivity index (χ2v) is 6.53. The van der Waals surface area contributed by atoms with Gasteiger partial charge in [-0.05, 0) is 49.1 Å². The smallest absolute Gasteiger partial charge is 0.387 e. The van der Waals surface area contributed by atoms with E-state index in [-0.39, 0.29) is 17.1 Å². The number of hydrogen-bond acceptors (Lipinski definition) is 5. The van der Waals surface area contributed by atoms with Crippen molar-refractivity contribution in [3.63, 3.8) is 0 Å². The van der Waals surface area contributed by atoms with Crippen molar-refractivity contribution in [1.82, 2.24) is 0 Å². The highest BCUT2D eigenvalue weighted by molar-refractivity contribution is 5.90. The van der Waals surface area contributed by atoms with Crippen molar-refractivity contribution in [1.29, 1.82) is 0 Å². The van der Waals surface area contributed by atoms with Gasteiger partial charge in [0.15, 0.2) is 0 Å². The van der Waals surface area contributed by atoms with Crippen LogP contribution in [0.5, 0.6) is 11.5 Å². The van der Waals surface area contributed by atoms with Gasteiger partial charge in [0.25, 0.3) is 0 Å². The van der Waals surface area contributed by atoms with Crippen molar-refractivity contribution in [2.24, 2.45) is 0 Å². The normalized spacial score (nSPS) is 13.2. The Morgan fingerprint density at radius 3 is 2.72 bits per heavy atom. The number of carbonyl (C=O) groups is 1. The number of fused-ring (bicyclic) bond motifs is 3. The third-order valence-corrected chi connectivity index (χ3v) is 4.70. The first kappa shape index (κ1) is 18.9. The molecule has 7 heteroatoms. The fraction of sp³-hybridized carbons (Fsp3) is 0.182. The highest BCUT2D eigenvalue weighted by Gasteiger charge is 2.19. The first-order valence-corrected chi connectivity index (χ1v) is 9.03. The zero-order chi connectivity index (χ0) is 20.4. The number of ether oxygens (including phenoxy) is 2. The molecule has 0 saturated carbocycles. The molecule has 2 aromatic carbocycles. The van der Waals surface area contributed by atoms with Crippen LogP contribution < -0.4 is 15.1 Å². The molecule has 0 bridgehead atoms. The summed E-state index contributed by atoms with van der Waals surface area (Å²) in [5.74, 6) is -0.544. The summed E-state index contributed by atoms with van der Waals surface area (Å²) in [6, 6.07) is 11.0. The van der Waals surface area contributed by atoms with Gasteiger partial charge in [-0.1, -0.05) is 18.2 Å². The molecule has 0 unspecified atom stereocenters. The van der Waals surface area contributed by atoms with Gasteiger partial charge in [0.1, 0.15) is 17.1 Å². The molecule has 1 heterocycles. The highest BCUT2D eigenvalue weighted by atomic mass is 19.3. The number of aryl methyl sites for hydroxylation is 1. The second kappa shape index (κ2) is 7.87. The third kappa shape index (κ3) is 4.03. The van der Waals surface area contributed by atoms with Crippen LogP contribution in [0.4, 0.5) is 8.78 Å². The fourth-order valence-corrected chi connectivity index (χ4v) is 3.46. The highest BCUT2D eigenvalue weighted by Crippen LogP contribution is 2.29. The summed E-state index contributed by atoms with van der Waals surface area (Å²) in [6.45, 7) is -2.97. The lowest BCUT2D eigenvalue weighted by atomic mass is 10.1. The van der Waals surface area contributed by atoms with Crippen LogP contribution in [0.25, 0.3) is 17.0 Å². The molecule has 0 atom stereocenters. The Morgan fingerprint density at radius 1 is 1.10 bits per heavy atom. The molecule has 0 fully saturated rings. The van der Waals surface area contributed by atoms with Gasteiger partial charge >= 0.3 is 18.2 Å². The maximum absolute atomic E-state index is 12.5. The molecule has 1 aliphatic carbocycles. The average Bonchev–Trinajstić information content (AvgIpc) is 3.17. The molecule has 1 aromatic heterocycles. The number of rotatable bonds is 5. The van der Waals surface area contributed by atoms with Crippen LogP contribution in [-0.2, 0) is 17.6 Å². The van der Waals surface area contributed by atoms with E-state index in [4.69, 9.17) is 9.15 Å². The Hall–Kier alpha value is -3.48. The number of esters is 1. The van der Waals surface area contributed by atoms with Gasteiger partial charge in [-0.15, -0.1) is 0 Å². The number of benzene rings is 2. The fourth-order valence-electron chi connectivity index (χ4n) is 3.46. The average molecular weight is 398 g/mol. The van der Waals surface area contributed by atoms with Crippen LogP contribution in [-0.4, -0.2) is 12.6 Å². The Kier molecular flexibility index (Phi) is 5.12. The van der Waals surface area contributed by atoms with Gasteiger partial charge in [-0.3, -0.25) is 0 Å². The predicted octanol–water partition coefficient (Wildman–Crippen LogP) is 4.50. The molecule has 29 heavy (non-hydrogen) atoms. The molecule has 1 aliphatic rings. The van der Waals surface area contributed by atoms with Gasteiger partial charge in [-0.2, -0.15) is 8.78 Å². The number of carbonyl (C=O) groups excluding carboxylic acids is 1. The number of halogens is 2. The summed E-state index contributed by atoms with van der Waals surface area (Å²) in [5.41, 5.74) is 2.02. The van der Waals surface area contributed by atoms with Gasteiger partial charge < -0.3 is 13.9 Å². The molecule has 0 N–H and O–H groups in total. The lowest BCUT2D eigenvalue weighted by molar-refractivity contribution is -0.128. The minimum Gasteiger partial charge on any atom is -0.434 e. The van der Waals surface area contributed by atoms with Crippen LogP contribution in [0, 0.1) is 0 Å². The van der Waals surface area contributed by atoms with Gasteiger partial charge in [-0.25, -0.2) is 9.59 Å². The van der Waals surface area contributed by atoms with Crippen LogP contribution in [0.2, 0.25) is 0 Å². The van der Waals surface area contributed by atoms with Crippen molar-refractivity contribution < 1.29 is 27.5 Å². The summed E-state index contributed by atoms with van der Waals surface area (Å²) >= 11 is 0. The summed E-state index contributed by atoms with van der Waals surface area (Å²) in [5, 5.41) is 0.838. The molecule has 5 nitrogen and oxygen atoms in total. The first-order valence-electron chi connectivity index (χ1n) is 9.03. The number of para-hydroxylation sites is 1. The van der Waals surface area contributed by atoms with Crippen molar-refractivity contribution in [3.8, 4) is 11.5 Å². The lowest BCUT2D eigenvalue weighted by Gasteiger charge is -2.07. The SMILES string of the molecule is O=C(/C=C/c1ccccc1OC(F)F)Oc1ccc2c3c(c(=O)oc2c1)CCC3. The monoisotopic (exact) mass is 398 g/mol. The second-order valence-electron chi connectivity index (χ2n) is 6.53. The van der Waals surface area contributed by atoms with Crippen molar-refractivity contribution in [2.45, 2.75) is 25.9 Å². The molecule has 0 amide bonds. The van der Waals surface area contributed by atoms with Crippen LogP contribution in [0.1, 0.15) is 23.1 Å². The van der Waals surface area contributed by atoms with Crippen molar-refractivity contribution in [3.05, 3.63) is 75.7 Å². The predicted molar refractivity (Wildman–Crippen MR) is 102 cm³/mol. The number of hydrogen-bond donors (Lipinski definition) is 0. The maximum atomic E-state index is 12.5. The molecule has 0 saturated heterocycles. The maximum Gasteiger partial charge on any atom is 0.387 e. The standard InChI is InChI=1S/C22H16F2O5/c23-22(24)29-18-7-2-1-4-13(18)8-11-20(25)27-14-9-10-16-15-5-3-6-17(15)21(26)28-19(16)12-14/h1-2,4,7-12,22H,3,5-6H2/b11-8+. The molecule has 148 valence electrons. The van der Waals surface area contributed by atoms with E-state index in [0.717, 1.165) is 35.4 Å². The quantitative estimate of drug-likeness (QED) is 0.274. The van der Waals surface area contributed by atoms with E-state index in [2.05, 4.69) is 4.74 Å². The van der Waals surface area contributed by atoms with E-state index in [1.54, 1.807) is 24.3 Å². The van der Waals surface area contributed by atoms with Gasteiger partial charge in [0.2, 0.25) is 0 Å². The molecule has 3 aromatic rings. The minimum absolute atomic E-state index is 0.0483. The molecule has 4 rings (SSSR count). The largest absolute Gasteiger partial charge is 0.434 e. The summed E-state index contributed by atoms with van der Waals surface area (Å²) in [4.78, 5) is 24.2. The zero-order valence-corrected chi connectivity index (χ0v) is 15.2. The van der Waals surface area contributed by atoms with Crippen LogP contribution in [0.3, 0.4) is 0 Å². The minimum atomic E-state index is -2.97. The summed E-state index contributed by atoms with van der Waals surface area (Å²) in [7, 11) is 0. The van der Waals surface area contributed by atoms with E-state index in [9.17, 15) is 18.4 Å². The van der Waals surface area contributed by atoms with E-state index >= 15 is 0 Å².